The van der Waals surface area contributed by atoms with Crippen LogP contribution in [0.2, 0.25) is 5.02 Å². The lowest BCUT2D eigenvalue weighted by molar-refractivity contribution is -0.108. The molecule has 0 bridgehead atoms. The van der Waals surface area contributed by atoms with Crippen molar-refractivity contribution in [1.29, 1.82) is 0 Å². The quantitative estimate of drug-likeness (QED) is 0.780. The summed E-state index contributed by atoms with van der Waals surface area (Å²) >= 11 is 5.78. The summed E-state index contributed by atoms with van der Waals surface area (Å²) in [4.78, 5) is 10.8. The van der Waals surface area contributed by atoms with Crippen LogP contribution in [-0.2, 0) is 4.79 Å². The third kappa shape index (κ3) is 4.04. The first kappa shape index (κ1) is 16.9. The molecule has 1 heterocycles. The Labute approximate surface area is 138 Å². The normalized spacial score (nSPS) is 11.7. The second kappa shape index (κ2) is 7.19. The van der Waals surface area contributed by atoms with E-state index in [0.717, 1.165) is 11.9 Å². The number of allylic oxidation sites excluding steroid dienone is 1. The number of hydrogen-bond acceptors (Lipinski definition) is 5. The van der Waals surface area contributed by atoms with E-state index < -0.39 is 5.82 Å². The number of nitrogens with one attached hydrogen (secondary N) is 2. The maximum absolute atomic E-state index is 13.2. The molecule has 0 saturated carbocycles. The van der Waals surface area contributed by atoms with Gasteiger partial charge >= 0.3 is 0 Å². The van der Waals surface area contributed by atoms with Gasteiger partial charge in [-0.3, -0.25) is 0 Å². The van der Waals surface area contributed by atoms with E-state index in [-0.39, 0.29) is 11.1 Å². The van der Waals surface area contributed by atoms with Gasteiger partial charge in [0, 0.05) is 11.3 Å². The van der Waals surface area contributed by atoms with Crippen molar-refractivity contribution in [3.63, 3.8) is 0 Å². The molecular weight excluding hydrogens is 319 g/mol. The molecule has 0 radical (unpaired) electrons. The van der Waals surface area contributed by atoms with Crippen molar-refractivity contribution in [3.8, 4) is 0 Å². The molecule has 2 rings (SSSR count). The highest BCUT2D eigenvalue weighted by Crippen LogP contribution is 2.31. The molecule has 2 aromatic rings. The molecule has 120 valence electrons. The van der Waals surface area contributed by atoms with Crippen LogP contribution in [0.1, 0.15) is 19.4 Å². The highest BCUT2D eigenvalue weighted by molar-refractivity contribution is 6.31. The molecule has 0 saturated heterocycles. The summed E-state index contributed by atoms with van der Waals surface area (Å²) in [7, 11) is 0. The van der Waals surface area contributed by atoms with Gasteiger partial charge in [0.25, 0.3) is 0 Å². The van der Waals surface area contributed by atoms with Crippen molar-refractivity contribution < 1.29 is 9.18 Å². The molecule has 0 fully saturated rings. The molecule has 7 heteroatoms. The van der Waals surface area contributed by atoms with Gasteiger partial charge in [-0.15, -0.1) is 5.10 Å². The molecule has 1 unspecified atom stereocenters. The summed E-state index contributed by atoms with van der Waals surface area (Å²) in [5.41, 5.74) is 2.61. The van der Waals surface area contributed by atoms with Gasteiger partial charge in [0.05, 0.1) is 22.9 Å². The number of anilines is 3. The van der Waals surface area contributed by atoms with Gasteiger partial charge in [-0.1, -0.05) is 18.2 Å². The Hall–Kier alpha value is -2.47. The summed E-state index contributed by atoms with van der Waals surface area (Å²) in [6.07, 6.45) is 2.31. The lowest BCUT2D eigenvalue weighted by atomic mass is 10.1. The fraction of sp³-hybridized carbons (Fsp3) is 0.188. The van der Waals surface area contributed by atoms with Crippen molar-refractivity contribution in [1.82, 2.24) is 10.2 Å². The minimum atomic E-state index is -0.501. The summed E-state index contributed by atoms with van der Waals surface area (Å²) in [5, 5.41) is 14.0. The third-order valence-corrected chi connectivity index (χ3v) is 3.34. The van der Waals surface area contributed by atoms with Gasteiger partial charge in [0.15, 0.2) is 5.82 Å². The van der Waals surface area contributed by atoms with Gasteiger partial charge in [-0.25, -0.2) is 4.39 Å². The van der Waals surface area contributed by atoms with Crippen LogP contribution >= 0.6 is 11.6 Å². The molecule has 2 N–H and O–H groups in total. The van der Waals surface area contributed by atoms with E-state index in [1.807, 2.05) is 6.92 Å². The van der Waals surface area contributed by atoms with Crippen molar-refractivity contribution in [2.45, 2.75) is 19.9 Å². The van der Waals surface area contributed by atoms with Gasteiger partial charge in [0.1, 0.15) is 12.1 Å². The second-order valence-electron chi connectivity index (χ2n) is 5.09. The Bertz CT molecular complexity index is 751. The van der Waals surface area contributed by atoms with E-state index in [1.165, 1.54) is 18.3 Å². The van der Waals surface area contributed by atoms with Gasteiger partial charge < -0.3 is 15.4 Å². The molecule has 0 aliphatic rings. The number of rotatable bonds is 6. The predicted octanol–water partition coefficient (Wildman–Crippen LogP) is 4.05. The largest absolute Gasteiger partial charge is 0.374 e. The van der Waals surface area contributed by atoms with Crippen molar-refractivity contribution >= 4 is 40.7 Å². The highest BCUT2D eigenvalue weighted by Gasteiger charge is 2.14. The number of aldehydes is 1. The minimum absolute atomic E-state index is 0.00342. The zero-order valence-corrected chi connectivity index (χ0v) is 13.5. The van der Waals surface area contributed by atoms with E-state index in [4.69, 9.17) is 11.6 Å². The number of hydrogen-bond donors (Lipinski definition) is 2. The minimum Gasteiger partial charge on any atom is -0.374 e. The fourth-order valence-electron chi connectivity index (χ4n) is 2.01. The number of carbonyl (C=O) groups excluding carboxylic acids is 1. The number of halogens is 2. The number of benzene rings is 1. The van der Waals surface area contributed by atoms with E-state index in [0.29, 0.717) is 22.8 Å². The van der Waals surface area contributed by atoms with Crippen LogP contribution in [0.4, 0.5) is 21.6 Å². The molecule has 0 spiro atoms. The predicted molar refractivity (Wildman–Crippen MR) is 90.6 cm³/mol. The van der Waals surface area contributed by atoms with Gasteiger partial charge in [0.2, 0.25) is 0 Å². The Morgan fingerprint density at radius 3 is 2.83 bits per heavy atom. The standard InChI is InChI=1S/C16H16ClFN4O/c1-9(2)15-14(20-10(3)8-23)7-19-22-16(15)21-11-4-5-13(18)12(17)6-11/h4-8,10H,1H2,2-3H3,(H2,20,21,22). The number of carbonyl (C=O) groups is 1. The zero-order valence-electron chi connectivity index (χ0n) is 12.7. The van der Waals surface area contributed by atoms with Crippen LogP contribution in [0.3, 0.4) is 0 Å². The van der Waals surface area contributed by atoms with Crippen LogP contribution in [0.15, 0.2) is 31.0 Å². The molecule has 0 aliphatic carbocycles. The Morgan fingerprint density at radius 1 is 1.48 bits per heavy atom. The van der Waals surface area contributed by atoms with Gasteiger partial charge in [-0.05, 0) is 37.6 Å². The molecule has 5 nitrogen and oxygen atoms in total. The lowest BCUT2D eigenvalue weighted by Crippen LogP contribution is -2.18. The molecular formula is C16H16ClFN4O. The summed E-state index contributed by atoms with van der Waals surface area (Å²) < 4.78 is 13.2. The first-order valence-electron chi connectivity index (χ1n) is 6.88. The van der Waals surface area contributed by atoms with Crippen LogP contribution in [0.5, 0.6) is 0 Å². The summed E-state index contributed by atoms with van der Waals surface area (Å²) in [6, 6.07) is 3.87. The molecule has 0 aliphatic heterocycles. The van der Waals surface area contributed by atoms with Crippen LogP contribution in [-0.4, -0.2) is 22.5 Å². The van der Waals surface area contributed by atoms with Crippen LogP contribution in [0.25, 0.3) is 5.57 Å². The van der Waals surface area contributed by atoms with E-state index >= 15 is 0 Å². The molecule has 1 aromatic carbocycles. The topological polar surface area (TPSA) is 66.9 Å². The van der Waals surface area contributed by atoms with E-state index in [9.17, 15) is 9.18 Å². The average Bonchev–Trinajstić information content (AvgIpc) is 2.50. The SMILES string of the molecule is C=C(C)c1c(NC(C)C=O)cnnc1Nc1ccc(F)c(Cl)c1. The second-order valence-corrected chi connectivity index (χ2v) is 5.49. The lowest BCUT2D eigenvalue weighted by Gasteiger charge is -2.17. The van der Waals surface area contributed by atoms with E-state index in [2.05, 4.69) is 27.4 Å². The number of aromatic nitrogens is 2. The first-order valence-corrected chi connectivity index (χ1v) is 7.25. The summed E-state index contributed by atoms with van der Waals surface area (Å²) in [6.45, 7) is 7.47. The maximum atomic E-state index is 13.2. The van der Waals surface area contributed by atoms with Crippen molar-refractivity contribution in [2.24, 2.45) is 0 Å². The zero-order chi connectivity index (χ0) is 17.0. The van der Waals surface area contributed by atoms with Crippen LogP contribution < -0.4 is 10.6 Å². The smallest absolute Gasteiger partial charge is 0.162 e. The summed E-state index contributed by atoms with van der Waals surface area (Å²) in [5.74, 6) is -0.0677. The molecule has 0 amide bonds. The average molecular weight is 335 g/mol. The third-order valence-electron chi connectivity index (χ3n) is 3.05. The Morgan fingerprint density at radius 2 is 2.22 bits per heavy atom. The van der Waals surface area contributed by atoms with Gasteiger partial charge in [-0.2, -0.15) is 5.10 Å². The van der Waals surface area contributed by atoms with Crippen LogP contribution in [0, 0.1) is 5.82 Å². The van der Waals surface area contributed by atoms with E-state index in [1.54, 1.807) is 13.0 Å². The molecule has 23 heavy (non-hydrogen) atoms. The molecule has 1 atom stereocenters. The number of nitrogens with zero attached hydrogens (tertiary/aromatic N) is 2. The molecule has 1 aromatic heterocycles. The highest BCUT2D eigenvalue weighted by atomic mass is 35.5. The van der Waals surface area contributed by atoms with Crippen molar-refractivity contribution in [2.75, 3.05) is 10.6 Å². The Balaban J connectivity index is 2.41. The maximum Gasteiger partial charge on any atom is 0.162 e. The van der Waals surface area contributed by atoms with Crippen molar-refractivity contribution in [3.05, 3.63) is 47.4 Å². The monoisotopic (exact) mass is 334 g/mol. The Kier molecular flexibility index (Phi) is 5.28. The fourth-order valence-corrected chi connectivity index (χ4v) is 2.19. The first-order chi connectivity index (χ1) is 10.9.